The van der Waals surface area contributed by atoms with Gasteiger partial charge < -0.3 is 9.80 Å². The minimum atomic E-state index is 0.228. The zero-order chi connectivity index (χ0) is 17.8. The van der Waals surface area contributed by atoms with Gasteiger partial charge in [-0.2, -0.15) is 0 Å². The molecule has 1 amide bonds. The number of anilines is 1. The van der Waals surface area contributed by atoms with Crippen LogP contribution in [0.4, 0.5) is 5.69 Å². The molecule has 0 radical (unpaired) electrons. The van der Waals surface area contributed by atoms with Crippen molar-refractivity contribution in [2.45, 2.75) is 51.0 Å². The number of amides is 1. The van der Waals surface area contributed by atoms with Crippen LogP contribution in [0.2, 0.25) is 0 Å². The number of carbonyl (C=O) groups is 1. The van der Waals surface area contributed by atoms with Crippen LogP contribution in [0.15, 0.2) is 24.3 Å². The number of thiophene rings is 1. The molecular weight excluding hydrogens is 340 g/mol. The first-order chi connectivity index (χ1) is 12.6. The van der Waals surface area contributed by atoms with Crippen molar-refractivity contribution in [3.05, 3.63) is 50.7 Å². The van der Waals surface area contributed by atoms with Crippen LogP contribution in [0, 0.1) is 6.92 Å². The fourth-order valence-corrected chi connectivity index (χ4v) is 6.25. The Morgan fingerprint density at radius 2 is 2.04 bits per heavy atom. The molecule has 1 fully saturated rings. The lowest BCUT2D eigenvalue weighted by atomic mass is 9.89. The zero-order valence-electron chi connectivity index (χ0n) is 15.6. The summed E-state index contributed by atoms with van der Waals surface area (Å²) in [5.74, 6) is 0.675. The topological polar surface area (TPSA) is 23.6 Å². The maximum Gasteiger partial charge on any atom is 0.268 e. The van der Waals surface area contributed by atoms with Crippen molar-refractivity contribution in [2.75, 3.05) is 25.0 Å². The second-order valence-corrected chi connectivity index (χ2v) is 9.37. The number of rotatable bonds is 1. The van der Waals surface area contributed by atoms with Gasteiger partial charge in [0.05, 0.1) is 4.88 Å². The number of fused-ring (bicyclic) bond motifs is 4. The van der Waals surface area contributed by atoms with E-state index in [0.717, 1.165) is 42.9 Å². The molecule has 0 saturated carbocycles. The molecule has 1 aromatic heterocycles. The second kappa shape index (κ2) is 6.21. The van der Waals surface area contributed by atoms with Gasteiger partial charge in [-0.1, -0.05) is 17.7 Å². The summed E-state index contributed by atoms with van der Waals surface area (Å²) < 4.78 is 0. The van der Waals surface area contributed by atoms with E-state index in [-0.39, 0.29) is 5.91 Å². The Kier molecular flexibility index (Phi) is 3.94. The third-order valence-corrected chi connectivity index (χ3v) is 7.60. The number of nitrogens with zero attached hydrogens (tertiary/aromatic N) is 2. The predicted octanol–water partition coefficient (Wildman–Crippen LogP) is 4.38. The third-order valence-electron chi connectivity index (χ3n) is 6.38. The molecule has 1 aliphatic carbocycles. The molecule has 4 heteroatoms. The van der Waals surface area contributed by atoms with E-state index in [1.54, 1.807) is 11.3 Å². The van der Waals surface area contributed by atoms with Gasteiger partial charge in [-0.05, 0) is 75.9 Å². The summed E-state index contributed by atoms with van der Waals surface area (Å²) in [4.78, 5) is 20.5. The van der Waals surface area contributed by atoms with Crippen LogP contribution in [0.25, 0.3) is 0 Å². The van der Waals surface area contributed by atoms with Crippen molar-refractivity contribution in [1.82, 2.24) is 4.90 Å². The quantitative estimate of drug-likeness (QED) is 0.748. The zero-order valence-corrected chi connectivity index (χ0v) is 16.4. The number of hydrogen-bond acceptors (Lipinski definition) is 3. The van der Waals surface area contributed by atoms with E-state index < -0.39 is 0 Å². The Morgan fingerprint density at radius 3 is 2.88 bits per heavy atom. The lowest BCUT2D eigenvalue weighted by Crippen LogP contribution is -2.47. The molecule has 1 aromatic carbocycles. The minimum absolute atomic E-state index is 0.228. The minimum Gasteiger partial charge on any atom is -0.306 e. The van der Waals surface area contributed by atoms with Crippen LogP contribution in [0.3, 0.4) is 0 Å². The number of aryl methyl sites for hydroxylation is 3. The maximum absolute atomic E-state index is 13.6. The molecule has 2 aromatic rings. The Morgan fingerprint density at radius 1 is 1.19 bits per heavy atom. The van der Waals surface area contributed by atoms with Gasteiger partial charge in [0.25, 0.3) is 5.91 Å². The molecule has 2 unspecified atom stereocenters. The highest BCUT2D eigenvalue weighted by molar-refractivity contribution is 7.14. The molecule has 0 N–H and O–H groups in total. The van der Waals surface area contributed by atoms with Gasteiger partial charge >= 0.3 is 0 Å². The third kappa shape index (κ3) is 2.54. The average Bonchev–Trinajstić information content (AvgIpc) is 3.20. The molecule has 2 aliphatic heterocycles. The SMILES string of the molecule is Cc1ccc2c(c1)C1CN(C)CCC1N2C(=O)c1cc2c(s1)CCCC2. The van der Waals surface area contributed by atoms with E-state index in [0.29, 0.717) is 12.0 Å². The average molecular weight is 367 g/mol. The molecule has 26 heavy (non-hydrogen) atoms. The molecule has 0 bridgehead atoms. The van der Waals surface area contributed by atoms with Crippen molar-refractivity contribution >= 4 is 22.9 Å². The van der Waals surface area contributed by atoms with Crippen molar-refractivity contribution in [3.8, 4) is 0 Å². The van der Waals surface area contributed by atoms with Crippen LogP contribution >= 0.6 is 11.3 Å². The normalized spacial score (nSPS) is 24.9. The van der Waals surface area contributed by atoms with Crippen LogP contribution in [-0.2, 0) is 12.8 Å². The highest BCUT2D eigenvalue weighted by Gasteiger charge is 2.44. The lowest BCUT2D eigenvalue weighted by molar-refractivity contribution is 0.0968. The standard InChI is InChI=1S/C22H26N2OS/c1-14-7-8-18-16(11-14)17-13-23(2)10-9-19(17)24(18)22(25)21-12-15-5-3-4-6-20(15)26-21/h7-8,11-12,17,19H,3-6,9-10,13H2,1-2H3. The van der Waals surface area contributed by atoms with E-state index in [4.69, 9.17) is 0 Å². The van der Waals surface area contributed by atoms with Crippen molar-refractivity contribution in [1.29, 1.82) is 0 Å². The number of benzene rings is 1. The van der Waals surface area contributed by atoms with Gasteiger partial charge in [0.2, 0.25) is 0 Å². The summed E-state index contributed by atoms with van der Waals surface area (Å²) in [5, 5.41) is 0. The Balaban J connectivity index is 1.55. The van der Waals surface area contributed by atoms with Crippen LogP contribution < -0.4 is 4.90 Å². The Bertz CT molecular complexity index is 848. The summed E-state index contributed by atoms with van der Waals surface area (Å²) in [6, 6.07) is 9.14. The Labute approximate surface area is 159 Å². The lowest BCUT2D eigenvalue weighted by Gasteiger charge is -2.36. The second-order valence-electron chi connectivity index (χ2n) is 8.23. The van der Waals surface area contributed by atoms with E-state index in [1.807, 2.05) is 0 Å². The summed E-state index contributed by atoms with van der Waals surface area (Å²) in [5.41, 5.74) is 5.23. The molecule has 5 rings (SSSR count). The molecule has 3 aliphatic rings. The monoisotopic (exact) mass is 366 g/mol. The van der Waals surface area contributed by atoms with Gasteiger partial charge in [-0.15, -0.1) is 11.3 Å². The van der Waals surface area contributed by atoms with Gasteiger partial charge in [-0.3, -0.25) is 4.79 Å². The fourth-order valence-electron chi connectivity index (χ4n) is 5.06. The van der Waals surface area contributed by atoms with E-state index >= 15 is 0 Å². The maximum atomic E-state index is 13.6. The van der Waals surface area contributed by atoms with E-state index in [9.17, 15) is 4.79 Å². The van der Waals surface area contributed by atoms with Crippen molar-refractivity contribution in [2.24, 2.45) is 0 Å². The first-order valence-corrected chi connectivity index (χ1v) is 10.7. The number of piperidine rings is 1. The van der Waals surface area contributed by atoms with Gasteiger partial charge in [0, 0.05) is 29.1 Å². The van der Waals surface area contributed by atoms with Crippen LogP contribution in [0.1, 0.15) is 56.4 Å². The molecule has 1 saturated heterocycles. The summed E-state index contributed by atoms with van der Waals surface area (Å²) in [6.45, 7) is 4.27. The molecular formula is C22H26N2OS. The Hall–Kier alpha value is -1.65. The smallest absolute Gasteiger partial charge is 0.268 e. The first kappa shape index (κ1) is 16.5. The van der Waals surface area contributed by atoms with Gasteiger partial charge in [-0.25, -0.2) is 0 Å². The summed E-state index contributed by atoms with van der Waals surface area (Å²) >= 11 is 1.75. The number of carbonyl (C=O) groups excluding carboxylic acids is 1. The van der Waals surface area contributed by atoms with Crippen molar-refractivity contribution in [3.63, 3.8) is 0 Å². The van der Waals surface area contributed by atoms with E-state index in [1.165, 1.54) is 34.4 Å². The summed E-state index contributed by atoms with van der Waals surface area (Å²) in [6.07, 6.45) is 5.89. The van der Waals surface area contributed by atoms with Crippen molar-refractivity contribution < 1.29 is 4.79 Å². The molecule has 136 valence electrons. The number of likely N-dealkylation sites (tertiary alicyclic amines) is 1. The first-order valence-electron chi connectivity index (χ1n) is 9.86. The van der Waals surface area contributed by atoms with Gasteiger partial charge in [0.1, 0.15) is 0 Å². The molecule has 3 heterocycles. The predicted molar refractivity (Wildman–Crippen MR) is 108 cm³/mol. The number of hydrogen-bond donors (Lipinski definition) is 0. The van der Waals surface area contributed by atoms with Crippen LogP contribution in [-0.4, -0.2) is 37.0 Å². The molecule has 3 nitrogen and oxygen atoms in total. The summed E-state index contributed by atoms with van der Waals surface area (Å²) in [7, 11) is 2.20. The molecule has 0 spiro atoms. The highest BCUT2D eigenvalue weighted by atomic mass is 32.1. The van der Waals surface area contributed by atoms with Crippen LogP contribution in [0.5, 0.6) is 0 Å². The molecule has 2 atom stereocenters. The highest BCUT2D eigenvalue weighted by Crippen LogP contribution is 2.46. The van der Waals surface area contributed by atoms with Gasteiger partial charge in [0.15, 0.2) is 0 Å². The van der Waals surface area contributed by atoms with E-state index in [2.05, 4.69) is 48.0 Å². The number of likely N-dealkylation sites (N-methyl/N-ethyl adjacent to an activating group) is 1. The largest absolute Gasteiger partial charge is 0.306 e. The fraction of sp³-hybridized carbons (Fsp3) is 0.500.